The fourth-order valence-electron chi connectivity index (χ4n) is 1.82. The first-order valence-corrected chi connectivity index (χ1v) is 5.51. The lowest BCUT2D eigenvalue weighted by atomic mass is 10.0. The first-order chi connectivity index (χ1) is 8.18. The Labute approximate surface area is 100 Å². The van der Waals surface area contributed by atoms with E-state index in [9.17, 15) is 4.79 Å². The van der Waals surface area contributed by atoms with Gasteiger partial charge in [0.25, 0.3) is 5.91 Å². The molecule has 1 heterocycles. The SMILES string of the molecule is Cc1cccc(C)c1C(=O)NCc1ccn[nH]1. The highest BCUT2D eigenvalue weighted by atomic mass is 16.1. The number of hydrogen-bond donors (Lipinski definition) is 2. The van der Waals surface area contributed by atoms with E-state index in [1.54, 1.807) is 6.20 Å². The lowest BCUT2D eigenvalue weighted by Crippen LogP contribution is -2.24. The Morgan fingerprint density at radius 1 is 1.29 bits per heavy atom. The van der Waals surface area contributed by atoms with E-state index in [-0.39, 0.29) is 5.91 Å². The van der Waals surface area contributed by atoms with Gasteiger partial charge in [-0.25, -0.2) is 0 Å². The Balaban J connectivity index is 2.10. The van der Waals surface area contributed by atoms with Crippen LogP contribution in [0.15, 0.2) is 30.5 Å². The Kier molecular flexibility index (Phi) is 3.23. The molecule has 17 heavy (non-hydrogen) atoms. The van der Waals surface area contributed by atoms with Gasteiger partial charge in [-0.3, -0.25) is 9.89 Å². The van der Waals surface area contributed by atoms with Gasteiger partial charge >= 0.3 is 0 Å². The minimum Gasteiger partial charge on any atom is -0.346 e. The van der Waals surface area contributed by atoms with Crippen LogP contribution in [0, 0.1) is 13.8 Å². The van der Waals surface area contributed by atoms with Crippen molar-refractivity contribution < 1.29 is 4.79 Å². The Bertz CT molecular complexity index is 497. The van der Waals surface area contributed by atoms with Crippen molar-refractivity contribution in [2.24, 2.45) is 0 Å². The molecule has 0 aliphatic rings. The Hall–Kier alpha value is -2.10. The number of hydrogen-bond acceptors (Lipinski definition) is 2. The number of aromatic nitrogens is 2. The zero-order valence-corrected chi connectivity index (χ0v) is 9.95. The molecule has 2 aromatic rings. The van der Waals surface area contributed by atoms with Gasteiger partial charge in [0.2, 0.25) is 0 Å². The van der Waals surface area contributed by atoms with Crippen LogP contribution in [0.4, 0.5) is 0 Å². The summed E-state index contributed by atoms with van der Waals surface area (Å²) in [6.07, 6.45) is 1.67. The largest absolute Gasteiger partial charge is 0.346 e. The molecular formula is C13H15N3O. The molecule has 2 rings (SSSR count). The van der Waals surface area contributed by atoms with Gasteiger partial charge in [0.15, 0.2) is 0 Å². The topological polar surface area (TPSA) is 57.8 Å². The van der Waals surface area contributed by atoms with Crippen molar-refractivity contribution >= 4 is 5.91 Å². The summed E-state index contributed by atoms with van der Waals surface area (Å²) in [5.74, 6) is -0.0461. The number of rotatable bonds is 3. The molecule has 88 valence electrons. The third-order valence-electron chi connectivity index (χ3n) is 2.71. The van der Waals surface area contributed by atoms with E-state index in [0.717, 1.165) is 22.4 Å². The minimum absolute atomic E-state index is 0.0461. The molecule has 0 atom stereocenters. The third kappa shape index (κ3) is 2.53. The highest BCUT2D eigenvalue weighted by Gasteiger charge is 2.11. The van der Waals surface area contributed by atoms with Gasteiger partial charge in [-0.1, -0.05) is 18.2 Å². The van der Waals surface area contributed by atoms with Crippen LogP contribution < -0.4 is 5.32 Å². The number of carbonyl (C=O) groups excluding carboxylic acids is 1. The van der Waals surface area contributed by atoms with E-state index in [2.05, 4.69) is 15.5 Å². The van der Waals surface area contributed by atoms with E-state index < -0.39 is 0 Å². The summed E-state index contributed by atoms with van der Waals surface area (Å²) in [6.45, 7) is 4.35. The van der Waals surface area contributed by atoms with Crippen LogP contribution in [0.1, 0.15) is 27.2 Å². The van der Waals surface area contributed by atoms with Crippen LogP contribution in [0.2, 0.25) is 0 Å². The molecule has 0 aliphatic heterocycles. The second-order valence-corrected chi connectivity index (χ2v) is 4.03. The van der Waals surface area contributed by atoms with Crippen molar-refractivity contribution in [2.45, 2.75) is 20.4 Å². The number of aryl methyl sites for hydroxylation is 2. The number of benzene rings is 1. The second-order valence-electron chi connectivity index (χ2n) is 4.03. The van der Waals surface area contributed by atoms with E-state index in [4.69, 9.17) is 0 Å². The predicted molar refractivity (Wildman–Crippen MR) is 65.7 cm³/mol. The molecule has 0 saturated heterocycles. The Morgan fingerprint density at radius 2 is 2.00 bits per heavy atom. The van der Waals surface area contributed by atoms with Crippen molar-refractivity contribution in [3.63, 3.8) is 0 Å². The summed E-state index contributed by atoms with van der Waals surface area (Å²) in [5.41, 5.74) is 3.64. The van der Waals surface area contributed by atoms with Crippen LogP contribution >= 0.6 is 0 Å². The first-order valence-electron chi connectivity index (χ1n) is 5.51. The second kappa shape index (κ2) is 4.82. The van der Waals surface area contributed by atoms with Crippen molar-refractivity contribution in [2.75, 3.05) is 0 Å². The fraction of sp³-hybridized carbons (Fsp3) is 0.231. The molecule has 4 nitrogen and oxygen atoms in total. The molecule has 0 radical (unpaired) electrons. The van der Waals surface area contributed by atoms with Crippen LogP contribution in [-0.2, 0) is 6.54 Å². The van der Waals surface area contributed by atoms with Gasteiger partial charge in [-0.2, -0.15) is 5.10 Å². The molecular weight excluding hydrogens is 214 g/mol. The van der Waals surface area contributed by atoms with Crippen molar-refractivity contribution in [3.05, 3.63) is 52.8 Å². The van der Waals surface area contributed by atoms with Gasteiger partial charge in [0.05, 0.1) is 12.2 Å². The highest BCUT2D eigenvalue weighted by molar-refractivity contribution is 5.96. The lowest BCUT2D eigenvalue weighted by molar-refractivity contribution is 0.0949. The van der Waals surface area contributed by atoms with Gasteiger partial charge in [-0.15, -0.1) is 0 Å². The molecule has 0 fully saturated rings. The number of nitrogens with zero attached hydrogens (tertiary/aromatic N) is 1. The fourth-order valence-corrected chi connectivity index (χ4v) is 1.82. The number of H-pyrrole nitrogens is 1. The Morgan fingerprint density at radius 3 is 2.59 bits per heavy atom. The van der Waals surface area contributed by atoms with E-state index in [1.807, 2.05) is 38.1 Å². The van der Waals surface area contributed by atoms with Gasteiger partial charge < -0.3 is 5.32 Å². The number of aromatic amines is 1. The molecule has 1 aromatic heterocycles. The maximum absolute atomic E-state index is 12.0. The summed E-state index contributed by atoms with van der Waals surface area (Å²) < 4.78 is 0. The average molecular weight is 229 g/mol. The molecule has 0 spiro atoms. The van der Waals surface area contributed by atoms with Gasteiger partial charge in [0, 0.05) is 11.8 Å². The highest BCUT2D eigenvalue weighted by Crippen LogP contribution is 2.12. The number of nitrogens with one attached hydrogen (secondary N) is 2. The first kappa shape index (κ1) is 11.4. The van der Waals surface area contributed by atoms with E-state index in [0.29, 0.717) is 6.54 Å². The molecule has 1 amide bonds. The van der Waals surface area contributed by atoms with Crippen LogP contribution in [0.5, 0.6) is 0 Å². The van der Waals surface area contributed by atoms with E-state index in [1.165, 1.54) is 0 Å². The normalized spacial score (nSPS) is 10.2. The van der Waals surface area contributed by atoms with E-state index >= 15 is 0 Å². The van der Waals surface area contributed by atoms with Crippen LogP contribution in [0.3, 0.4) is 0 Å². The zero-order chi connectivity index (χ0) is 12.3. The molecule has 1 aromatic carbocycles. The monoisotopic (exact) mass is 229 g/mol. The number of carbonyl (C=O) groups is 1. The standard InChI is InChI=1S/C13H15N3O/c1-9-4-3-5-10(2)12(9)13(17)14-8-11-6-7-15-16-11/h3-7H,8H2,1-2H3,(H,14,17)(H,15,16). The van der Waals surface area contributed by atoms with Crippen LogP contribution in [-0.4, -0.2) is 16.1 Å². The molecule has 0 bridgehead atoms. The summed E-state index contributed by atoms with van der Waals surface area (Å²) in [7, 11) is 0. The maximum atomic E-state index is 12.0. The lowest BCUT2D eigenvalue weighted by Gasteiger charge is -2.09. The molecule has 2 N–H and O–H groups in total. The smallest absolute Gasteiger partial charge is 0.252 e. The summed E-state index contributed by atoms with van der Waals surface area (Å²) >= 11 is 0. The van der Waals surface area contributed by atoms with Gasteiger partial charge in [0.1, 0.15) is 0 Å². The molecule has 0 aliphatic carbocycles. The minimum atomic E-state index is -0.0461. The van der Waals surface area contributed by atoms with Crippen molar-refractivity contribution in [1.82, 2.24) is 15.5 Å². The van der Waals surface area contributed by atoms with Crippen molar-refractivity contribution in [3.8, 4) is 0 Å². The third-order valence-corrected chi connectivity index (χ3v) is 2.71. The summed E-state index contributed by atoms with van der Waals surface area (Å²) in [6, 6.07) is 7.68. The van der Waals surface area contributed by atoms with Gasteiger partial charge in [-0.05, 0) is 31.0 Å². The summed E-state index contributed by atoms with van der Waals surface area (Å²) in [4.78, 5) is 12.0. The molecule has 4 heteroatoms. The van der Waals surface area contributed by atoms with Crippen LogP contribution in [0.25, 0.3) is 0 Å². The molecule has 0 saturated carbocycles. The van der Waals surface area contributed by atoms with Crippen molar-refractivity contribution in [1.29, 1.82) is 0 Å². The predicted octanol–water partition coefficient (Wildman–Crippen LogP) is 1.96. The zero-order valence-electron chi connectivity index (χ0n) is 9.95. The molecule has 0 unspecified atom stereocenters. The quantitative estimate of drug-likeness (QED) is 0.845. The maximum Gasteiger partial charge on any atom is 0.252 e. The summed E-state index contributed by atoms with van der Waals surface area (Å²) in [5, 5.41) is 9.51. The average Bonchev–Trinajstić information content (AvgIpc) is 2.79. The number of amides is 1.